The molecule has 0 N–H and O–H groups in total. The largest absolute Gasteiger partial charge is 0.456 e. The van der Waals surface area contributed by atoms with E-state index in [1.54, 1.807) is 0 Å². The average molecular weight is 649 g/mol. The molecule has 238 valence electrons. The topological polar surface area (TPSA) is 9.23 Å². The summed E-state index contributed by atoms with van der Waals surface area (Å²) in [5, 5.41) is 5.05. The van der Waals surface area contributed by atoms with E-state index in [4.69, 9.17) is 4.74 Å². The van der Waals surface area contributed by atoms with Crippen molar-refractivity contribution in [1.82, 2.24) is 0 Å². The number of hydrogen-bond donors (Lipinski definition) is 0. The van der Waals surface area contributed by atoms with Crippen LogP contribution in [-0.2, 0) is 0 Å². The van der Waals surface area contributed by atoms with Gasteiger partial charge in [0.15, 0.2) is 0 Å². The second kappa shape index (κ2) is 12.0. The first kappa shape index (κ1) is 29.2. The van der Waals surface area contributed by atoms with E-state index < -0.39 is 0 Å². The van der Waals surface area contributed by atoms with Crippen molar-refractivity contribution in [1.29, 1.82) is 0 Å². The first-order chi connectivity index (χ1) is 25.3. The highest BCUT2D eigenvalue weighted by Crippen LogP contribution is 2.49. The van der Waals surface area contributed by atoms with Crippen LogP contribution in [0.15, 0.2) is 194 Å². The van der Waals surface area contributed by atoms with E-state index in [1.165, 1.54) is 66.1 Å². The van der Waals surface area contributed by atoms with E-state index in [2.05, 4.69) is 194 Å². The van der Waals surface area contributed by atoms with Crippen molar-refractivity contribution >= 4 is 21.5 Å². The molecule has 1 heteroatoms. The summed E-state index contributed by atoms with van der Waals surface area (Å²) < 4.78 is 6.70. The van der Waals surface area contributed by atoms with Gasteiger partial charge < -0.3 is 4.74 Å². The second-order valence-electron chi connectivity index (χ2n) is 13.3. The van der Waals surface area contributed by atoms with Gasteiger partial charge in [-0.1, -0.05) is 170 Å². The van der Waals surface area contributed by atoms with E-state index in [0.29, 0.717) is 0 Å². The molecule has 9 aromatic carbocycles. The van der Waals surface area contributed by atoms with Crippen molar-refractivity contribution in [3.8, 4) is 78.3 Å². The van der Waals surface area contributed by atoms with E-state index >= 15 is 0 Å². The lowest BCUT2D eigenvalue weighted by atomic mass is 9.90. The van der Waals surface area contributed by atoms with Crippen LogP contribution < -0.4 is 4.74 Å². The highest BCUT2D eigenvalue weighted by Gasteiger charge is 2.22. The van der Waals surface area contributed by atoms with Crippen LogP contribution in [-0.4, -0.2) is 0 Å². The quantitative estimate of drug-likeness (QED) is 0.185. The first-order valence-corrected chi connectivity index (χ1v) is 17.5. The molecule has 0 amide bonds. The van der Waals surface area contributed by atoms with Gasteiger partial charge in [-0.25, -0.2) is 0 Å². The van der Waals surface area contributed by atoms with Gasteiger partial charge in [0.05, 0.1) is 0 Å². The molecule has 0 aliphatic carbocycles. The third kappa shape index (κ3) is 5.10. The van der Waals surface area contributed by atoms with E-state index in [0.717, 1.165) is 33.8 Å². The molecule has 10 rings (SSSR count). The molecule has 0 saturated heterocycles. The first-order valence-electron chi connectivity index (χ1n) is 17.5. The predicted molar refractivity (Wildman–Crippen MR) is 214 cm³/mol. The molecule has 0 unspecified atom stereocenters. The van der Waals surface area contributed by atoms with Gasteiger partial charge in [0.1, 0.15) is 11.5 Å². The number of ether oxygens (including phenoxy) is 1. The smallest absolute Gasteiger partial charge is 0.135 e. The summed E-state index contributed by atoms with van der Waals surface area (Å²) >= 11 is 0. The number of hydrogen-bond acceptors (Lipinski definition) is 1. The van der Waals surface area contributed by atoms with Crippen LogP contribution in [0.25, 0.3) is 88.3 Å². The molecule has 1 heterocycles. The highest BCUT2D eigenvalue weighted by atomic mass is 16.5. The fourth-order valence-electron chi connectivity index (χ4n) is 7.73. The molecule has 1 nitrogen and oxygen atoms in total. The van der Waals surface area contributed by atoms with Crippen molar-refractivity contribution in [2.24, 2.45) is 0 Å². The van der Waals surface area contributed by atoms with Crippen LogP contribution in [0.3, 0.4) is 0 Å². The van der Waals surface area contributed by atoms with Gasteiger partial charge in [0, 0.05) is 11.1 Å². The van der Waals surface area contributed by atoms with Gasteiger partial charge >= 0.3 is 0 Å². The fraction of sp³-hybridized carbons (Fsp3) is 0. The SMILES string of the molecule is c1ccc2c(c1)-c1cc(-c3ccc(-c4cccc5ccccc45)cc3)ccc1Oc1ccc(-c3ccc(-c4cccc5ccccc45)cc3)cc1-2. The van der Waals surface area contributed by atoms with Gasteiger partial charge in [0.25, 0.3) is 0 Å². The van der Waals surface area contributed by atoms with Crippen molar-refractivity contribution in [3.05, 3.63) is 194 Å². The Kier molecular flexibility index (Phi) is 6.89. The minimum Gasteiger partial charge on any atom is -0.456 e. The minimum atomic E-state index is 0.865. The highest BCUT2D eigenvalue weighted by molar-refractivity contribution is 5.98. The average Bonchev–Trinajstić information content (AvgIpc) is 3.34. The van der Waals surface area contributed by atoms with Crippen LogP contribution in [0, 0.1) is 0 Å². The lowest BCUT2D eigenvalue weighted by molar-refractivity contribution is 0.488. The molecule has 51 heavy (non-hydrogen) atoms. The van der Waals surface area contributed by atoms with Crippen LogP contribution in [0.4, 0.5) is 0 Å². The molecule has 0 saturated carbocycles. The Labute approximate surface area is 297 Å². The van der Waals surface area contributed by atoms with Crippen molar-refractivity contribution in [2.75, 3.05) is 0 Å². The Balaban J connectivity index is 0.995. The molecule has 1 aliphatic rings. The van der Waals surface area contributed by atoms with Gasteiger partial charge in [-0.2, -0.15) is 0 Å². The van der Waals surface area contributed by atoms with Gasteiger partial charge in [-0.05, 0) is 101 Å². The molecule has 0 fully saturated rings. The third-order valence-electron chi connectivity index (χ3n) is 10.3. The van der Waals surface area contributed by atoms with Gasteiger partial charge in [0.2, 0.25) is 0 Å². The van der Waals surface area contributed by atoms with Crippen LogP contribution in [0.5, 0.6) is 11.5 Å². The zero-order chi connectivity index (χ0) is 33.7. The maximum Gasteiger partial charge on any atom is 0.135 e. The monoisotopic (exact) mass is 648 g/mol. The van der Waals surface area contributed by atoms with E-state index in [-0.39, 0.29) is 0 Å². The molecule has 9 aromatic rings. The molecule has 0 aromatic heterocycles. The molecule has 0 atom stereocenters. The van der Waals surface area contributed by atoms with E-state index in [1.807, 2.05) is 0 Å². The fourth-order valence-corrected chi connectivity index (χ4v) is 7.73. The summed E-state index contributed by atoms with van der Waals surface area (Å²) in [4.78, 5) is 0. The molecular weight excluding hydrogens is 617 g/mol. The molecular formula is C50H32O. The Morgan fingerprint density at radius 3 is 1.06 bits per heavy atom. The summed E-state index contributed by atoms with van der Waals surface area (Å²) in [6.45, 7) is 0. The zero-order valence-corrected chi connectivity index (χ0v) is 27.9. The Bertz CT molecular complexity index is 2550. The summed E-state index contributed by atoms with van der Waals surface area (Å²) in [6.07, 6.45) is 0. The summed E-state index contributed by atoms with van der Waals surface area (Å²) in [5.74, 6) is 1.73. The molecule has 1 aliphatic heterocycles. The Morgan fingerprint density at radius 1 is 0.235 bits per heavy atom. The predicted octanol–water partition coefficient (Wildman–Crippen LogP) is 14.1. The maximum atomic E-state index is 6.70. The number of fused-ring (bicyclic) bond motifs is 7. The molecule has 0 bridgehead atoms. The maximum absolute atomic E-state index is 6.70. The van der Waals surface area contributed by atoms with Crippen LogP contribution in [0.1, 0.15) is 0 Å². The van der Waals surface area contributed by atoms with Crippen molar-refractivity contribution in [2.45, 2.75) is 0 Å². The van der Waals surface area contributed by atoms with Crippen LogP contribution >= 0.6 is 0 Å². The third-order valence-corrected chi connectivity index (χ3v) is 10.3. The lowest BCUT2D eigenvalue weighted by Crippen LogP contribution is -1.88. The lowest BCUT2D eigenvalue weighted by Gasteiger charge is -2.13. The minimum absolute atomic E-state index is 0.865. The van der Waals surface area contributed by atoms with Crippen molar-refractivity contribution in [3.63, 3.8) is 0 Å². The van der Waals surface area contributed by atoms with Gasteiger partial charge in [-0.15, -0.1) is 0 Å². The molecule has 0 radical (unpaired) electrons. The zero-order valence-electron chi connectivity index (χ0n) is 27.9. The summed E-state index contributed by atoms with van der Waals surface area (Å²) in [7, 11) is 0. The molecule has 0 spiro atoms. The van der Waals surface area contributed by atoms with E-state index in [9.17, 15) is 0 Å². The second-order valence-corrected chi connectivity index (χ2v) is 13.3. The summed E-state index contributed by atoms with van der Waals surface area (Å²) in [5.41, 5.74) is 14.1. The normalized spacial score (nSPS) is 11.7. The Hall–Kier alpha value is -6.70. The summed E-state index contributed by atoms with van der Waals surface area (Å²) in [6, 6.07) is 69.9. The van der Waals surface area contributed by atoms with Gasteiger partial charge in [-0.3, -0.25) is 0 Å². The number of benzene rings is 9. The van der Waals surface area contributed by atoms with Crippen LogP contribution in [0.2, 0.25) is 0 Å². The van der Waals surface area contributed by atoms with Crippen molar-refractivity contribution < 1.29 is 4.74 Å². The standard InChI is InChI=1S/C50H32O/c1-3-13-41-35(9-1)11-7-17-43(41)37-23-19-33(20-24-37)39-27-29-49-47(31-39)45-15-5-6-16-46(45)48-32-40(28-30-50(48)51-49)34-21-25-38(26-22-34)44-18-8-12-36-10-2-4-14-42(36)44/h1-32H. The number of rotatable bonds is 4. The Morgan fingerprint density at radius 2 is 0.588 bits per heavy atom.